The molecule has 1 fully saturated rings. The summed E-state index contributed by atoms with van der Waals surface area (Å²) in [5, 5.41) is 18.3. The first-order valence-corrected chi connectivity index (χ1v) is 10.1. The molecule has 0 saturated carbocycles. The third kappa shape index (κ3) is 6.39. The van der Waals surface area contributed by atoms with Gasteiger partial charge in [-0.1, -0.05) is 47.2 Å². The predicted molar refractivity (Wildman–Crippen MR) is 111 cm³/mol. The van der Waals surface area contributed by atoms with E-state index in [9.17, 15) is 0 Å². The van der Waals surface area contributed by atoms with Crippen molar-refractivity contribution in [1.82, 2.24) is 5.32 Å². The van der Waals surface area contributed by atoms with Gasteiger partial charge in [0.1, 0.15) is 0 Å². The summed E-state index contributed by atoms with van der Waals surface area (Å²) in [6.07, 6.45) is 2.51. The molecule has 1 aliphatic rings. The molecule has 0 unspecified atom stereocenters. The van der Waals surface area contributed by atoms with E-state index in [4.69, 9.17) is 19.8 Å². The third-order valence-electron chi connectivity index (χ3n) is 4.68. The molecule has 0 atom stereocenters. The van der Waals surface area contributed by atoms with Crippen LogP contribution in [0, 0.1) is 20.8 Å². The molecule has 3 rings (SSSR count). The van der Waals surface area contributed by atoms with Crippen LogP contribution in [0.1, 0.15) is 41.0 Å². The largest absolute Gasteiger partial charge is 0.473 e. The van der Waals surface area contributed by atoms with Crippen LogP contribution in [-0.2, 0) is 9.59 Å². The highest BCUT2D eigenvalue weighted by atomic mass is 32.2. The lowest BCUT2D eigenvalue weighted by Crippen LogP contribution is -2.26. The van der Waals surface area contributed by atoms with E-state index in [1.165, 1.54) is 39.3 Å². The minimum atomic E-state index is -1.82. The molecule has 150 valence electrons. The van der Waals surface area contributed by atoms with Crippen LogP contribution in [0.25, 0.3) is 0 Å². The average molecular weight is 402 g/mol. The molecule has 0 aromatic heterocycles. The molecule has 28 heavy (non-hydrogen) atoms. The summed E-state index contributed by atoms with van der Waals surface area (Å²) in [6, 6.07) is 13.7. The summed E-state index contributed by atoms with van der Waals surface area (Å²) < 4.78 is 0. The first kappa shape index (κ1) is 22.0. The Balaban J connectivity index is 0.000000409. The molecule has 2 aromatic carbocycles. The number of carbonyl (C=O) groups is 2. The highest BCUT2D eigenvalue weighted by molar-refractivity contribution is 7.99. The second kappa shape index (κ2) is 10.3. The van der Waals surface area contributed by atoms with Gasteiger partial charge in [-0.25, -0.2) is 9.59 Å². The highest BCUT2D eigenvalue weighted by Crippen LogP contribution is 2.38. The van der Waals surface area contributed by atoms with Crippen LogP contribution in [0.2, 0.25) is 0 Å². The fraction of sp³-hybridized carbons (Fsp3) is 0.364. The van der Waals surface area contributed by atoms with Gasteiger partial charge >= 0.3 is 11.9 Å². The van der Waals surface area contributed by atoms with Crippen molar-refractivity contribution in [2.45, 2.75) is 49.3 Å². The van der Waals surface area contributed by atoms with E-state index >= 15 is 0 Å². The number of aliphatic carboxylic acids is 2. The summed E-state index contributed by atoms with van der Waals surface area (Å²) in [5.41, 5.74) is 5.64. The lowest BCUT2D eigenvalue weighted by atomic mass is 9.89. The standard InChI is InChI=1S/C20H25NS.C2H2O4/c1-14-4-6-19(16(3)12-14)22-20-7-5-15(2)13-18(20)17-8-10-21-11-9-17;3-1(4)2(5)6/h4-7,12-13,17,21H,8-11H2,1-3H3;(H,3,4)(H,5,6). The summed E-state index contributed by atoms with van der Waals surface area (Å²) in [7, 11) is 0. The van der Waals surface area contributed by atoms with Crippen molar-refractivity contribution in [1.29, 1.82) is 0 Å². The number of hydrogen-bond donors (Lipinski definition) is 3. The van der Waals surface area contributed by atoms with Gasteiger partial charge in [-0.15, -0.1) is 0 Å². The minimum Gasteiger partial charge on any atom is -0.473 e. The van der Waals surface area contributed by atoms with Crippen molar-refractivity contribution in [3.05, 3.63) is 58.7 Å². The van der Waals surface area contributed by atoms with Crippen molar-refractivity contribution in [3.63, 3.8) is 0 Å². The molecule has 0 amide bonds. The van der Waals surface area contributed by atoms with Gasteiger partial charge in [0.2, 0.25) is 0 Å². The van der Waals surface area contributed by atoms with Crippen LogP contribution in [0.4, 0.5) is 0 Å². The van der Waals surface area contributed by atoms with E-state index in [1.54, 1.807) is 5.56 Å². The molecule has 0 spiro atoms. The van der Waals surface area contributed by atoms with Crippen LogP contribution < -0.4 is 5.32 Å². The zero-order chi connectivity index (χ0) is 20.7. The molecule has 6 heteroatoms. The van der Waals surface area contributed by atoms with Crippen LogP contribution in [0.15, 0.2) is 46.2 Å². The number of carboxylic acid groups (broad SMARTS) is 2. The van der Waals surface area contributed by atoms with E-state index in [-0.39, 0.29) is 0 Å². The fourth-order valence-electron chi connectivity index (χ4n) is 3.25. The Morgan fingerprint density at radius 3 is 1.96 bits per heavy atom. The quantitative estimate of drug-likeness (QED) is 0.662. The SMILES string of the molecule is Cc1ccc(Sc2ccc(C)cc2C2CCNCC2)c(C)c1.O=C(O)C(=O)O. The van der Waals surface area contributed by atoms with Crippen LogP contribution >= 0.6 is 11.8 Å². The number of nitrogens with one attached hydrogen (secondary N) is 1. The monoisotopic (exact) mass is 401 g/mol. The Morgan fingerprint density at radius 2 is 1.43 bits per heavy atom. The van der Waals surface area contributed by atoms with Gasteiger partial charge in [0.15, 0.2) is 0 Å². The van der Waals surface area contributed by atoms with Gasteiger partial charge in [0, 0.05) is 9.79 Å². The number of aryl methyl sites for hydroxylation is 3. The normalized spacial score (nSPS) is 14.1. The van der Waals surface area contributed by atoms with Gasteiger partial charge in [0.25, 0.3) is 0 Å². The highest BCUT2D eigenvalue weighted by Gasteiger charge is 2.19. The van der Waals surface area contributed by atoms with Crippen molar-refractivity contribution < 1.29 is 19.8 Å². The molecular formula is C22H27NO4S. The first-order valence-electron chi connectivity index (χ1n) is 9.30. The van der Waals surface area contributed by atoms with Gasteiger partial charge in [0.05, 0.1) is 0 Å². The lowest BCUT2D eigenvalue weighted by Gasteiger charge is -2.25. The third-order valence-corrected chi connectivity index (χ3v) is 5.95. The van der Waals surface area contributed by atoms with Crippen LogP contribution in [0.5, 0.6) is 0 Å². The summed E-state index contributed by atoms with van der Waals surface area (Å²) >= 11 is 1.93. The van der Waals surface area contributed by atoms with Gasteiger partial charge in [-0.3, -0.25) is 0 Å². The van der Waals surface area contributed by atoms with Gasteiger partial charge in [-0.05, 0) is 75.9 Å². The predicted octanol–water partition coefficient (Wildman–Crippen LogP) is 4.39. The molecule has 1 heterocycles. The van der Waals surface area contributed by atoms with Gasteiger partial charge in [-0.2, -0.15) is 0 Å². The van der Waals surface area contributed by atoms with Crippen LogP contribution in [0.3, 0.4) is 0 Å². The Kier molecular flexibility index (Phi) is 8.08. The van der Waals surface area contributed by atoms with Crippen molar-refractivity contribution >= 4 is 23.7 Å². The smallest absolute Gasteiger partial charge is 0.414 e. The maximum absolute atomic E-state index is 9.10. The Bertz CT molecular complexity index is 832. The lowest BCUT2D eigenvalue weighted by molar-refractivity contribution is -0.159. The summed E-state index contributed by atoms with van der Waals surface area (Å²) in [5.74, 6) is -2.94. The van der Waals surface area contributed by atoms with E-state index in [0.29, 0.717) is 5.92 Å². The molecule has 2 aromatic rings. The number of hydrogen-bond acceptors (Lipinski definition) is 4. The molecular weight excluding hydrogens is 374 g/mol. The number of piperidine rings is 1. The minimum absolute atomic E-state index is 0.703. The molecule has 5 nitrogen and oxygen atoms in total. The maximum Gasteiger partial charge on any atom is 0.414 e. The molecule has 0 radical (unpaired) electrons. The van der Waals surface area contributed by atoms with Crippen molar-refractivity contribution in [3.8, 4) is 0 Å². The topological polar surface area (TPSA) is 86.6 Å². The molecule has 0 bridgehead atoms. The molecule has 1 aliphatic heterocycles. The number of rotatable bonds is 3. The van der Waals surface area contributed by atoms with E-state index in [1.807, 2.05) is 11.8 Å². The number of benzene rings is 2. The maximum atomic E-state index is 9.10. The van der Waals surface area contributed by atoms with E-state index in [2.05, 4.69) is 62.5 Å². The second-order valence-corrected chi connectivity index (χ2v) is 8.13. The Labute approximate surface area is 170 Å². The zero-order valence-electron chi connectivity index (χ0n) is 16.5. The Morgan fingerprint density at radius 1 is 0.893 bits per heavy atom. The molecule has 0 aliphatic carbocycles. The first-order chi connectivity index (χ1) is 13.3. The summed E-state index contributed by atoms with van der Waals surface area (Å²) in [6.45, 7) is 8.87. The van der Waals surface area contributed by atoms with E-state index in [0.717, 1.165) is 13.1 Å². The average Bonchev–Trinajstić information content (AvgIpc) is 2.66. The number of carboxylic acids is 2. The van der Waals surface area contributed by atoms with E-state index < -0.39 is 11.9 Å². The fourth-order valence-corrected chi connectivity index (χ4v) is 4.32. The Hall–Kier alpha value is -2.31. The molecule has 3 N–H and O–H groups in total. The molecule has 1 saturated heterocycles. The van der Waals surface area contributed by atoms with Crippen LogP contribution in [-0.4, -0.2) is 35.2 Å². The van der Waals surface area contributed by atoms with Gasteiger partial charge < -0.3 is 15.5 Å². The van der Waals surface area contributed by atoms with Crippen molar-refractivity contribution in [2.24, 2.45) is 0 Å². The van der Waals surface area contributed by atoms with Crippen molar-refractivity contribution in [2.75, 3.05) is 13.1 Å². The summed E-state index contributed by atoms with van der Waals surface area (Å²) in [4.78, 5) is 21.0. The second-order valence-electron chi connectivity index (χ2n) is 7.05. The zero-order valence-corrected chi connectivity index (χ0v) is 17.3.